The third kappa shape index (κ3) is 1.49. The summed E-state index contributed by atoms with van der Waals surface area (Å²) in [5.41, 5.74) is 0. The molecule has 0 saturated heterocycles. The van der Waals surface area contributed by atoms with Crippen molar-refractivity contribution in [2.45, 2.75) is 32.1 Å². The van der Waals surface area contributed by atoms with Crippen molar-refractivity contribution in [1.82, 2.24) is 0 Å². The average Bonchev–Trinajstić information content (AvgIpc) is 3.72. The van der Waals surface area contributed by atoms with Crippen molar-refractivity contribution >= 4 is 115 Å². The smallest absolute Gasteiger partial charge is 0.0000714 e. The van der Waals surface area contributed by atoms with Crippen LogP contribution >= 0.6 is 0 Å². The first-order valence-electron chi connectivity index (χ1n) is 13.2. The summed E-state index contributed by atoms with van der Waals surface area (Å²) in [4.78, 5) is 0. The Morgan fingerprint density at radius 3 is 0.486 bits per heavy atom. The summed E-state index contributed by atoms with van der Waals surface area (Å²) >= 11 is 0. The van der Waals surface area contributed by atoms with E-state index in [1.165, 1.54) is 79.1 Å². The van der Waals surface area contributed by atoms with Crippen LogP contribution in [0.4, 0.5) is 0 Å². The summed E-state index contributed by atoms with van der Waals surface area (Å²) in [6.07, 6.45) is 30.3. The van der Waals surface area contributed by atoms with Gasteiger partial charge in [0.25, 0.3) is 0 Å². The first-order chi connectivity index (χ1) is 17.4. The third-order valence-corrected chi connectivity index (χ3v) is 9.86. The van der Waals surface area contributed by atoms with Gasteiger partial charge in [0.1, 0.15) is 0 Å². The fourth-order valence-corrected chi connectivity index (χ4v) is 8.89. The van der Waals surface area contributed by atoms with Crippen molar-refractivity contribution in [2.75, 3.05) is 0 Å². The molecular weight excluding hydrogens is 420 g/mol. The molecule has 6 aromatic carbocycles. The van der Waals surface area contributed by atoms with Gasteiger partial charge in [0.15, 0.2) is 0 Å². The lowest BCUT2D eigenvalue weighted by molar-refractivity contribution is 1.59. The standard InChI is InChI=1S/C35H20/c1-6-16-17(7-1)27-19-9-3-11-21(19)29-23-13-5-15-25(23)30-24-14-4-12-22(24)28-20-10-2-8-18(20)26(16)31-32(27)34(29)35(30)33(28)31/h6-15H,1-5H2. The molecule has 160 valence electrons. The highest BCUT2D eigenvalue weighted by molar-refractivity contribution is 6.45. The molecular formula is C35H20. The van der Waals surface area contributed by atoms with Crippen molar-refractivity contribution in [2.24, 2.45) is 0 Å². The Hall–Kier alpha value is -3.90. The second-order valence-corrected chi connectivity index (χ2v) is 11.1. The van der Waals surface area contributed by atoms with Gasteiger partial charge in [0.05, 0.1) is 0 Å². The van der Waals surface area contributed by atoms with Gasteiger partial charge in [-0.1, -0.05) is 60.8 Å². The molecule has 0 saturated carbocycles. The average molecular weight is 441 g/mol. The molecule has 0 aromatic heterocycles. The highest BCUT2D eigenvalue weighted by Crippen LogP contribution is 2.41. The molecule has 0 fully saturated rings. The molecule has 0 heteroatoms. The van der Waals surface area contributed by atoms with Crippen LogP contribution in [0.1, 0.15) is 32.1 Å². The molecule has 5 aliphatic carbocycles. The van der Waals surface area contributed by atoms with E-state index in [4.69, 9.17) is 0 Å². The van der Waals surface area contributed by atoms with E-state index >= 15 is 0 Å². The molecule has 0 radical (unpaired) electrons. The molecule has 11 rings (SSSR count). The molecule has 0 unspecified atom stereocenters. The highest BCUT2D eigenvalue weighted by atomic mass is 14.3. The molecule has 0 amide bonds. The maximum Gasteiger partial charge on any atom is -0.0000714 e. The van der Waals surface area contributed by atoms with E-state index in [0.29, 0.717) is 0 Å². The minimum Gasteiger partial charge on any atom is -0.0722 e. The van der Waals surface area contributed by atoms with E-state index in [2.05, 4.69) is 60.8 Å². The molecule has 35 heavy (non-hydrogen) atoms. The van der Waals surface area contributed by atoms with Crippen LogP contribution in [0.3, 0.4) is 0 Å². The van der Waals surface area contributed by atoms with Crippen LogP contribution in [-0.2, 0) is 0 Å². The zero-order valence-corrected chi connectivity index (χ0v) is 19.3. The summed E-state index contributed by atoms with van der Waals surface area (Å²) < 4.78 is 0. The first-order valence-corrected chi connectivity index (χ1v) is 13.2. The van der Waals surface area contributed by atoms with Gasteiger partial charge in [-0.3, -0.25) is 0 Å². The third-order valence-electron chi connectivity index (χ3n) is 9.86. The number of hydrogen-bond donors (Lipinski definition) is 0. The van der Waals surface area contributed by atoms with Crippen LogP contribution in [0.15, 0.2) is 0 Å². The molecule has 0 N–H and O–H groups in total. The maximum absolute atomic E-state index is 2.51. The lowest BCUT2D eigenvalue weighted by Gasteiger charge is -2.10. The maximum atomic E-state index is 2.51. The van der Waals surface area contributed by atoms with Gasteiger partial charge in [-0.25, -0.2) is 0 Å². The number of hydrogen-bond acceptors (Lipinski definition) is 0. The van der Waals surface area contributed by atoms with Gasteiger partial charge < -0.3 is 0 Å². The fourth-order valence-electron chi connectivity index (χ4n) is 8.89. The van der Waals surface area contributed by atoms with Gasteiger partial charge in [-0.05, 0) is 138 Å². The topological polar surface area (TPSA) is 0 Å². The van der Waals surface area contributed by atoms with E-state index in [9.17, 15) is 0 Å². The predicted octanol–water partition coefficient (Wildman–Crippen LogP) is 0.590. The minimum atomic E-state index is 1.05. The quantitative estimate of drug-likeness (QED) is 0.304. The fraction of sp³-hybridized carbons (Fsp3) is 0.143. The monoisotopic (exact) mass is 440 g/mol. The molecule has 0 spiro atoms. The van der Waals surface area contributed by atoms with E-state index in [-0.39, 0.29) is 0 Å². The van der Waals surface area contributed by atoms with Gasteiger partial charge in [0, 0.05) is 0 Å². The van der Waals surface area contributed by atoms with E-state index in [0.717, 1.165) is 32.1 Å². The number of benzene rings is 5. The Kier molecular flexibility index (Phi) is 2.40. The van der Waals surface area contributed by atoms with Crippen molar-refractivity contribution in [3.05, 3.63) is 52.2 Å². The molecule has 0 heterocycles. The lowest BCUT2D eigenvalue weighted by atomic mass is 9.92. The molecule has 6 aromatic rings. The Labute approximate surface area is 198 Å². The lowest BCUT2D eigenvalue weighted by Crippen LogP contribution is -2.39. The molecule has 0 bridgehead atoms. The molecule has 0 atom stereocenters. The molecule has 0 aliphatic heterocycles. The Morgan fingerprint density at radius 2 is 0.343 bits per heavy atom. The van der Waals surface area contributed by atoms with Crippen molar-refractivity contribution in [3.63, 3.8) is 0 Å². The SMILES string of the molecule is C1=c2c(c3c4c(c5c6c(c7c8c(c9c%10c(c2c2c3c5c7c92)=CCC=%10)=CCC=8)=CCC=6)=CCC=4)=CC1. The van der Waals surface area contributed by atoms with E-state index in [1.54, 1.807) is 26.9 Å². The largest absolute Gasteiger partial charge is 0.0722 e. The van der Waals surface area contributed by atoms with Gasteiger partial charge in [-0.2, -0.15) is 0 Å². The van der Waals surface area contributed by atoms with Gasteiger partial charge in [0.2, 0.25) is 0 Å². The summed E-state index contributed by atoms with van der Waals surface area (Å²) in [6, 6.07) is 0. The van der Waals surface area contributed by atoms with Gasteiger partial charge >= 0.3 is 0 Å². The Morgan fingerprint density at radius 1 is 0.200 bits per heavy atom. The Balaban J connectivity index is 1.79. The zero-order valence-electron chi connectivity index (χ0n) is 19.3. The van der Waals surface area contributed by atoms with Crippen molar-refractivity contribution in [3.8, 4) is 0 Å². The normalized spacial score (nSPS) is 18.3. The number of fused-ring (bicyclic) bond motifs is 15. The second-order valence-electron chi connectivity index (χ2n) is 11.1. The van der Waals surface area contributed by atoms with Crippen molar-refractivity contribution < 1.29 is 0 Å². The minimum absolute atomic E-state index is 1.05. The number of rotatable bonds is 0. The summed E-state index contributed by atoms with van der Waals surface area (Å²) in [5, 5.41) is 30.5. The molecule has 0 nitrogen and oxygen atoms in total. The van der Waals surface area contributed by atoms with Gasteiger partial charge in [-0.15, -0.1) is 0 Å². The van der Waals surface area contributed by atoms with Crippen LogP contribution < -0.4 is 52.2 Å². The van der Waals surface area contributed by atoms with Crippen molar-refractivity contribution in [1.29, 1.82) is 0 Å². The molecule has 5 aliphatic rings. The summed E-state index contributed by atoms with van der Waals surface area (Å²) in [5.74, 6) is 0. The van der Waals surface area contributed by atoms with Crippen LogP contribution in [0.5, 0.6) is 0 Å². The summed E-state index contributed by atoms with van der Waals surface area (Å²) in [6.45, 7) is 0. The van der Waals surface area contributed by atoms with Crippen LogP contribution in [-0.4, -0.2) is 0 Å². The van der Waals surface area contributed by atoms with Crippen LogP contribution in [0, 0.1) is 0 Å². The van der Waals surface area contributed by atoms with Crippen LogP contribution in [0.25, 0.3) is 115 Å². The van der Waals surface area contributed by atoms with E-state index in [1.807, 2.05) is 0 Å². The first kappa shape index (κ1) is 16.7. The Bertz CT molecular complexity index is 2140. The zero-order chi connectivity index (χ0) is 22.2. The van der Waals surface area contributed by atoms with Crippen LogP contribution in [0.2, 0.25) is 0 Å². The summed E-state index contributed by atoms with van der Waals surface area (Å²) in [7, 11) is 0. The second kappa shape index (κ2) is 5.04. The highest BCUT2D eigenvalue weighted by Gasteiger charge is 2.28. The van der Waals surface area contributed by atoms with E-state index < -0.39 is 0 Å². The predicted molar refractivity (Wildman–Crippen MR) is 152 cm³/mol.